The fraction of sp³-hybridized carbons (Fsp3) is 0.750. The Hall–Kier alpha value is -1.06. The van der Waals surface area contributed by atoms with E-state index in [4.69, 9.17) is 0 Å². The minimum atomic E-state index is -0.643. The van der Waals surface area contributed by atoms with Crippen molar-refractivity contribution in [2.45, 2.75) is 33.1 Å². The lowest BCUT2D eigenvalue weighted by Gasteiger charge is -2.02. The van der Waals surface area contributed by atoms with E-state index in [1.807, 2.05) is 6.92 Å². The van der Waals surface area contributed by atoms with Crippen LogP contribution < -0.4 is 5.32 Å². The summed E-state index contributed by atoms with van der Waals surface area (Å²) >= 11 is 0. The summed E-state index contributed by atoms with van der Waals surface area (Å²) in [4.78, 5) is 21.3. The third kappa shape index (κ3) is 5.70. The van der Waals surface area contributed by atoms with Crippen LogP contribution in [0.15, 0.2) is 0 Å². The maximum absolute atomic E-state index is 10.7. The number of unbranched alkanes of at least 4 members (excludes halogenated alkanes) is 1. The summed E-state index contributed by atoms with van der Waals surface area (Å²) in [5.41, 5.74) is 0. The highest BCUT2D eigenvalue weighted by molar-refractivity contribution is 5.84. The highest BCUT2D eigenvalue weighted by Crippen LogP contribution is 1.87. The predicted molar refractivity (Wildman–Crippen MR) is 44.7 cm³/mol. The van der Waals surface area contributed by atoms with E-state index in [0.29, 0.717) is 6.54 Å². The van der Waals surface area contributed by atoms with Gasteiger partial charge >= 0.3 is 12.1 Å². The topological polar surface area (TPSA) is 55.4 Å². The van der Waals surface area contributed by atoms with Crippen LogP contribution in [0, 0.1) is 0 Å². The van der Waals surface area contributed by atoms with Crippen LogP contribution in [0.5, 0.6) is 0 Å². The molecule has 0 aromatic heterocycles. The maximum atomic E-state index is 10.7. The van der Waals surface area contributed by atoms with E-state index in [9.17, 15) is 9.59 Å². The molecule has 1 N–H and O–H groups in total. The Labute approximate surface area is 72.3 Å². The van der Waals surface area contributed by atoms with Crippen LogP contribution in [0.1, 0.15) is 33.1 Å². The summed E-state index contributed by atoms with van der Waals surface area (Å²) in [5, 5.41) is 2.47. The molecule has 0 aliphatic heterocycles. The Balaban J connectivity index is 3.40. The van der Waals surface area contributed by atoms with Crippen LogP contribution in [0.4, 0.5) is 4.79 Å². The molecular weight excluding hydrogens is 158 g/mol. The third-order valence-corrected chi connectivity index (χ3v) is 1.29. The van der Waals surface area contributed by atoms with E-state index in [1.54, 1.807) is 6.92 Å². The van der Waals surface area contributed by atoms with E-state index >= 15 is 0 Å². The Morgan fingerprint density at radius 1 is 1.33 bits per heavy atom. The van der Waals surface area contributed by atoms with Gasteiger partial charge in [-0.1, -0.05) is 20.3 Å². The minimum Gasteiger partial charge on any atom is -0.376 e. The SMILES string of the molecule is CCCCNC(=O)OC(=O)CC. The van der Waals surface area contributed by atoms with E-state index in [2.05, 4.69) is 10.1 Å². The van der Waals surface area contributed by atoms with Gasteiger partial charge in [0.05, 0.1) is 0 Å². The zero-order valence-electron chi connectivity index (χ0n) is 7.55. The second-order valence-electron chi connectivity index (χ2n) is 2.40. The van der Waals surface area contributed by atoms with Crippen molar-refractivity contribution >= 4 is 12.1 Å². The van der Waals surface area contributed by atoms with Crippen molar-refractivity contribution < 1.29 is 14.3 Å². The third-order valence-electron chi connectivity index (χ3n) is 1.29. The molecule has 0 rings (SSSR count). The number of carbonyl (C=O) groups is 2. The summed E-state index contributed by atoms with van der Waals surface area (Å²) in [5.74, 6) is -0.496. The lowest BCUT2D eigenvalue weighted by atomic mass is 10.3. The largest absolute Gasteiger partial charge is 0.414 e. The molecule has 0 bridgehead atoms. The number of hydrogen-bond acceptors (Lipinski definition) is 3. The van der Waals surface area contributed by atoms with E-state index in [-0.39, 0.29) is 6.42 Å². The summed E-state index contributed by atoms with van der Waals surface area (Å²) in [6.07, 6.45) is 1.48. The Morgan fingerprint density at radius 3 is 2.50 bits per heavy atom. The monoisotopic (exact) mass is 173 g/mol. The summed E-state index contributed by atoms with van der Waals surface area (Å²) < 4.78 is 4.36. The fourth-order valence-electron chi connectivity index (χ4n) is 0.579. The number of nitrogens with one attached hydrogen (secondary N) is 1. The summed E-state index contributed by atoms with van der Waals surface area (Å²) in [6, 6.07) is 0. The van der Waals surface area contributed by atoms with Crippen molar-refractivity contribution in [3.63, 3.8) is 0 Å². The first kappa shape index (κ1) is 10.9. The van der Waals surface area contributed by atoms with Gasteiger partial charge in [-0.05, 0) is 6.42 Å². The first-order chi connectivity index (χ1) is 5.70. The number of rotatable bonds is 4. The number of carbonyl (C=O) groups excluding carboxylic acids is 2. The molecule has 0 saturated carbocycles. The molecule has 70 valence electrons. The smallest absolute Gasteiger partial charge is 0.376 e. The predicted octanol–water partition coefficient (Wildman–Crippen LogP) is 1.45. The highest BCUT2D eigenvalue weighted by atomic mass is 16.6. The first-order valence-corrected chi connectivity index (χ1v) is 4.19. The first-order valence-electron chi connectivity index (χ1n) is 4.19. The van der Waals surface area contributed by atoms with Gasteiger partial charge in [0, 0.05) is 13.0 Å². The zero-order chi connectivity index (χ0) is 9.40. The zero-order valence-corrected chi connectivity index (χ0v) is 7.55. The number of hydrogen-bond donors (Lipinski definition) is 1. The van der Waals surface area contributed by atoms with Crippen LogP contribution in [-0.2, 0) is 9.53 Å². The van der Waals surface area contributed by atoms with Crippen LogP contribution in [0.25, 0.3) is 0 Å². The molecule has 4 heteroatoms. The maximum Gasteiger partial charge on any atom is 0.414 e. The van der Waals surface area contributed by atoms with Crippen LogP contribution in [0.2, 0.25) is 0 Å². The molecule has 12 heavy (non-hydrogen) atoms. The molecular formula is C8H15NO3. The van der Waals surface area contributed by atoms with Crippen molar-refractivity contribution in [1.82, 2.24) is 5.32 Å². The average molecular weight is 173 g/mol. The molecule has 0 aliphatic rings. The molecule has 4 nitrogen and oxygen atoms in total. The molecule has 0 aliphatic carbocycles. The molecule has 0 saturated heterocycles. The Kier molecular flexibility index (Phi) is 6.05. The van der Waals surface area contributed by atoms with Crippen LogP contribution >= 0.6 is 0 Å². The normalized spacial score (nSPS) is 9.17. The summed E-state index contributed by atoms with van der Waals surface area (Å²) in [6.45, 7) is 4.22. The summed E-state index contributed by atoms with van der Waals surface area (Å²) in [7, 11) is 0. The molecule has 0 unspecified atom stereocenters. The number of amides is 1. The van der Waals surface area contributed by atoms with E-state index in [0.717, 1.165) is 12.8 Å². The van der Waals surface area contributed by atoms with E-state index < -0.39 is 12.1 Å². The molecule has 0 radical (unpaired) electrons. The van der Waals surface area contributed by atoms with Gasteiger partial charge in [0.1, 0.15) is 0 Å². The lowest BCUT2D eigenvalue weighted by molar-refractivity contribution is -0.136. The van der Waals surface area contributed by atoms with Crippen molar-refractivity contribution in [2.75, 3.05) is 6.54 Å². The lowest BCUT2D eigenvalue weighted by Crippen LogP contribution is -2.27. The van der Waals surface area contributed by atoms with Gasteiger partial charge in [-0.2, -0.15) is 0 Å². The van der Waals surface area contributed by atoms with Gasteiger partial charge in [-0.15, -0.1) is 0 Å². The molecule has 0 spiro atoms. The van der Waals surface area contributed by atoms with Crippen LogP contribution in [0.3, 0.4) is 0 Å². The average Bonchev–Trinajstić information content (AvgIpc) is 2.05. The van der Waals surface area contributed by atoms with Gasteiger partial charge in [0.15, 0.2) is 0 Å². The van der Waals surface area contributed by atoms with Gasteiger partial charge in [0.25, 0.3) is 0 Å². The second kappa shape index (κ2) is 6.64. The van der Waals surface area contributed by atoms with E-state index in [1.165, 1.54) is 0 Å². The standard InChI is InChI=1S/C8H15NO3/c1-3-5-6-9-8(11)12-7(10)4-2/h3-6H2,1-2H3,(H,9,11). The highest BCUT2D eigenvalue weighted by Gasteiger charge is 2.05. The molecule has 0 aromatic carbocycles. The van der Waals surface area contributed by atoms with Crippen molar-refractivity contribution in [2.24, 2.45) is 0 Å². The van der Waals surface area contributed by atoms with Crippen LogP contribution in [-0.4, -0.2) is 18.6 Å². The van der Waals surface area contributed by atoms with Gasteiger partial charge < -0.3 is 10.1 Å². The molecule has 0 aromatic rings. The van der Waals surface area contributed by atoms with Crippen molar-refractivity contribution in [1.29, 1.82) is 0 Å². The number of esters is 1. The quantitative estimate of drug-likeness (QED) is 0.397. The van der Waals surface area contributed by atoms with Gasteiger partial charge in [-0.3, -0.25) is 4.79 Å². The van der Waals surface area contributed by atoms with Crippen molar-refractivity contribution in [3.05, 3.63) is 0 Å². The van der Waals surface area contributed by atoms with Gasteiger partial charge in [-0.25, -0.2) is 4.79 Å². The van der Waals surface area contributed by atoms with Gasteiger partial charge in [0.2, 0.25) is 0 Å². The fourth-order valence-corrected chi connectivity index (χ4v) is 0.579. The molecule has 0 atom stereocenters. The second-order valence-corrected chi connectivity index (χ2v) is 2.40. The molecule has 0 fully saturated rings. The molecule has 0 heterocycles. The van der Waals surface area contributed by atoms with Crippen molar-refractivity contribution in [3.8, 4) is 0 Å². The number of ether oxygens (including phenoxy) is 1. The minimum absolute atomic E-state index is 0.223. The Bertz CT molecular complexity index is 156. The molecule has 1 amide bonds. The Morgan fingerprint density at radius 2 is 2.00 bits per heavy atom. The number of alkyl carbamates (subject to hydrolysis) is 1.